The van der Waals surface area contributed by atoms with Crippen LogP contribution in [0.25, 0.3) is 0 Å². The molecule has 3 amide bonds. The lowest BCUT2D eigenvalue weighted by molar-refractivity contribution is -0.135. The molecule has 7 heteroatoms. The number of carbonyl (C=O) groups is 3. The Kier molecular flexibility index (Phi) is 4.30. The molecule has 1 aromatic carbocycles. The second-order valence-corrected chi connectivity index (χ2v) is 4.33. The van der Waals surface area contributed by atoms with Crippen LogP contribution in [-0.2, 0) is 9.59 Å². The van der Waals surface area contributed by atoms with E-state index in [-0.39, 0.29) is 25.2 Å². The minimum absolute atomic E-state index is 0.00144. The van der Waals surface area contributed by atoms with Crippen molar-refractivity contribution in [2.45, 2.75) is 0 Å². The van der Waals surface area contributed by atoms with E-state index in [0.29, 0.717) is 5.56 Å². The van der Waals surface area contributed by atoms with Crippen molar-refractivity contribution < 1.29 is 18.8 Å². The minimum atomic E-state index is -0.626. The number of amides is 3. The molecule has 21 heavy (non-hydrogen) atoms. The summed E-state index contributed by atoms with van der Waals surface area (Å²) < 4.78 is 13.4. The third-order valence-corrected chi connectivity index (χ3v) is 2.77. The highest BCUT2D eigenvalue weighted by atomic mass is 19.1. The number of carbonyl (C=O) groups excluding carboxylic acids is 3. The molecule has 0 bridgehead atoms. The maximum atomic E-state index is 13.4. The van der Waals surface area contributed by atoms with Gasteiger partial charge in [-0.1, -0.05) is 11.8 Å². The number of hydrogen-bond donors (Lipinski definition) is 2. The first-order valence-corrected chi connectivity index (χ1v) is 6.11. The highest BCUT2D eigenvalue weighted by Gasteiger charge is 2.28. The fourth-order valence-corrected chi connectivity index (χ4v) is 1.90. The number of imide groups is 1. The van der Waals surface area contributed by atoms with Crippen molar-refractivity contribution in [3.05, 3.63) is 35.1 Å². The lowest BCUT2D eigenvalue weighted by Crippen LogP contribution is -2.53. The Labute approximate surface area is 120 Å². The number of halogens is 1. The fourth-order valence-electron chi connectivity index (χ4n) is 1.90. The zero-order chi connectivity index (χ0) is 15.4. The molecule has 0 saturated carbocycles. The first-order valence-electron chi connectivity index (χ1n) is 6.11. The van der Waals surface area contributed by atoms with Crippen molar-refractivity contribution >= 4 is 17.7 Å². The summed E-state index contributed by atoms with van der Waals surface area (Å²) >= 11 is 0. The van der Waals surface area contributed by atoms with Crippen LogP contribution in [0.3, 0.4) is 0 Å². The molecule has 1 aliphatic rings. The molecule has 3 N–H and O–H groups in total. The van der Waals surface area contributed by atoms with Gasteiger partial charge in [-0.25, -0.2) is 4.39 Å². The van der Waals surface area contributed by atoms with Crippen LogP contribution in [0.4, 0.5) is 4.39 Å². The molecule has 0 unspecified atom stereocenters. The van der Waals surface area contributed by atoms with E-state index in [1.54, 1.807) is 0 Å². The Bertz CT molecular complexity index is 660. The lowest BCUT2D eigenvalue weighted by Gasteiger charge is -2.25. The molecule has 0 aromatic heterocycles. The summed E-state index contributed by atoms with van der Waals surface area (Å²) in [6.07, 6.45) is 0. The molecule has 0 spiro atoms. The molecule has 0 radical (unpaired) electrons. The van der Waals surface area contributed by atoms with Gasteiger partial charge in [0.05, 0.1) is 12.1 Å². The largest absolute Gasteiger partial charge is 0.320 e. The van der Waals surface area contributed by atoms with Gasteiger partial charge in [0.25, 0.3) is 5.91 Å². The van der Waals surface area contributed by atoms with Gasteiger partial charge in [-0.3, -0.25) is 19.7 Å². The summed E-state index contributed by atoms with van der Waals surface area (Å²) in [5, 5.41) is 2.09. The summed E-state index contributed by atoms with van der Waals surface area (Å²) in [4.78, 5) is 36.0. The third-order valence-electron chi connectivity index (χ3n) is 2.77. The second kappa shape index (κ2) is 6.15. The van der Waals surface area contributed by atoms with E-state index < -0.39 is 23.5 Å². The number of benzene rings is 1. The first-order chi connectivity index (χ1) is 10.0. The second-order valence-electron chi connectivity index (χ2n) is 4.33. The average Bonchev–Trinajstić information content (AvgIpc) is 2.44. The predicted octanol–water partition coefficient (Wildman–Crippen LogP) is -0.766. The van der Waals surface area contributed by atoms with E-state index in [0.717, 1.165) is 11.0 Å². The van der Waals surface area contributed by atoms with Crippen LogP contribution in [0.2, 0.25) is 0 Å². The molecule has 1 heterocycles. The zero-order valence-corrected chi connectivity index (χ0v) is 11.0. The van der Waals surface area contributed by atoms with Crippen LogP contribution < -0.4 is 11.1 Å². The first kappa shape index (κ1) is 14.7. The maximum Gasteiger partial charge on any atom is 0.256 e. The number of hydrogen-bond acceptors (Lipinski definition) is 4. The van der Waals surface area contributed by atoms with Gasteiger partial charge in [-0.15, -0.1) is 0 Å². The molecule has 1 aliphatic heterocycles. The summed E-state index contributed by atoms with van der Waals surface area (Å²) in [5.74, 6) is 2.86. The highest BCUT2D eigenvalue weighted by molar-refractivity contribution is 6.06. The lowest BCUT2D eigenvalue weighted by atomic mass is 10.1. The van der Waals surface area contributed by atoms with Gasteiger partial charge < -0.3 is 10.6 Å². The van der Waals surface area contributed by atoms with Crippen molar-refractivity contribution in [3.8, 4) is 11.8 Å². The van der Waals surface area contributed by atoms with E-state index in [9.17, 15) is 18.8 Å². The average molecular weight is 289 g/mol. The highest BCUT2D eigenvalue weighted by Crippen LogP contribution is 2.14. The van der Waals surface area contributed by atoms with Gasteiger partial charge in [0, 0.05) is 5.56 Å². The van der Waals surface area contributed by atoms with Crippen molar-refractivity contribution in [1.82, 2.24) is 10.2 Å². The number of nitrogens with zero attached hydrogens (tertiary/aromatic N) is 1. The zero-order valence-electron chi connectivity index (χ0n) is 11.0. The Morgan fingerprint density at radius 2 is 2.00 bits per heavy atom. The molecule has 6 nitrogen and oxygen atoms in total. The molecule has 1 aromatic rings. The normalized spacial score (nSPS) is 14.3. The molecule has 2 rings (SSSR count). The molecule has 1 saturated heterocycles. The van der Waals surface area contributed by atoms with E-state index in [1.807, 2.05) is 0 Å². The predicted molar refractivity (Wildman–Crippen MR) is 71.4 cm³/mol. The molecule has 0 atom stereocenters. The van der Waals surface area contributed by atoms with Crippen LogP contribution in [-0.4, -0.2) is 42.3 Å². The Balaban J connectivity index is 2.35. The quantitative estimate of drug-likeness (QED) is 0.525. The Hall–Kier alpha value is -2.72. The molecular formula is C14H12FN3O3. The van der Waals surface area contributed by atoms with Gasteiger partial charge in [-0.05, 0) is 18.2 Å². The molecule has 1 fully saturated rings. The monoisotopic (exact) mass is 289 g/mol. The van der Waals surface area contributed by atoms with Crippen LogP contribution in [0.5, 0.6) is 0 Å². The summed E-state index contributed by atoms with van der Waals surface area (Å²) in [6, 6.07) is 3.56. The van der Waals surface area contributed by atoms with Crippen molar-refractivity contribution in [2.24, 2.45) is 5.73 Å². The standard InChI is InChI=1S/C14H12FN3O3/c15-10-4-3-9(2-1-5-16)11(6-10)14(21)18-7-12(19)17-13(20)8-18/h3-4,6H,5,7-8,16H2,(H,17,19,20). The topological polar surface area (TPSA) is 92.5 Å². The molecule has 0 aliphatic carbocycles. The van der Waals surface area contributed by atoms with Crippen molar-refractivity contribution in [3.63, 3.8) is 0 Å². The SMILES string of the molecule is NCC#Cc1ccc(F)cc1C(=O)N1CC(=O)NC(=O)C1. The van der Waals surface area contributed by atoms with E-state index in [2.05, 4.69) is 17.2 Å². The number of nitrogens with one attached hydrogen (secondary N) is 1. The molecular weight excluding hydrogens is 277 g/mol. The minimum Gasteiger partial charge on any atom is -0.320 e. The van der Waals surface area contributed by atoms with Crippen LogP contribution >= 0.6 is 0 Å². The Morgan fingerprint density at radius 3 is 2.62 bits per heavy atom. The van der Waals surface area contributed by atoms with E-state index in [1.165, 1.54) is 12.1 Å². The number of piperazine rings is 1. The van der Waals surface area contributed by atoms with E-state index in [4.69, 9.17) is 5.73 Å². The van der Waals surface area contributed by atoms with Gasteiger partial charge >= 0.3 is 0 Å². The number of nitrogens with two attached hydrogens (primary N) is 1. The summed E-state index contributed by atoms with van der Waals surface area (Å²) in [7, 11) is 0. The van der Waals surface area contributed by atoms with Gasteiger partial charge in [0.2, 0.25) is 11.8 Å². The van der Waals surface area contributed by atoms with Crippen LogP contribution in [0, 0.1) is 17.7 Å². The van der Waals surface area contributed by atoms with Crippen molar-refractivity contribution in [1.29, 1.82) is 0 Å². The van der Waals surface area contributed by atoms with Gasteiger partial charge in [0.1, 0.15) is 18.9 Å². The van der Waals surface area contributed by atoms with Gasteiger partial charge in [0.15, 0.2) is 0 Å². The smallest absolute Gasteiger partial charge is 0.256 e. The fraction of sp³-hybridized carbons (Fsp3) is 0.214. The van der Waals surface area contributed by atoms with Crippen molar-refractivity contribution in [2.75, 3.05) is 19.6 Å². The van der Waals surface area contributed by atoms with Crippen LogP contribution in [0.1, 0.15) is 15.9 Å². The van der Waals surface area contributed by atoms with E-state index >= 15 is 0 Å². The molecule has 108 valence electrons. The summed E-state index contributed by atoms with van der Waals surface area (Å²) in [6.45, 7) is -0.425. The Morgan fingerprint density at radius 1 is 1.33 bits per heavy atom. The van der Waals surface area contributed by atoms with Gasteiger partial charge in [-0.2, -0.15) is 0 Å². The van der Waals surface area contributed by atoms with Crippen LogP contribution in [0.15, 0.2) is 18.2 Å². The number of rotatable bonds is 1. The maximum absolute atomic E-state index is 13.4. The summed E-state index contributed by atoms with van der Waals surface area (Å²) in [5.41, 5.74) is 5.57. The third kappa shape index (κ3) is 3.43.